The topological polar surface area (TPSA) is 97.3 Å². The number of aromatic amines is 1. The first kappa shape index (κ1) is 19.4. The lowest BCUT2D eigenvalue weighted by atomic mass is 10.1. The minimum absolute atomic E-state index is 0.287. The van der Waals surface area contributed by atoms with Crippen LogP contribution >= 0.6 is 0 Å². The van der Waals surface area contributed by atoms with Gasteiger partial charge in [0, 0.05) is 24.2 Å². The molecule has 2 aromatic carbocycles. The van der Waals surface area contributed by atoms with E-state index in [0.717, 1.165) is 5.56 Å². The Morgan fingerprint density at radius 2 is 1.87 bits per heavy atom. The van der Waals surface area contributed by atoms with Crippen molar-refractivity contribution in [3.8, 4) is 28.5 Å². The number of H-pyrrole nitrogens is 1. The number of nitrogens with one attached hydrogen (secondary N) is 1. The van der Waals surface area contributed by atoms with Crippen molar-refractivity contribution < 1.29 is 19.0 Å². The van der Waals surface area contributed by atoms with Crippen molar-refractivity contribution in [2.24, 2.45) is 0 Å². The summed E-state index contributed by atoms with van der Waals surface area (Å²) < 4.78 is 24.1. The van der Waals surface area contributed by atoms with E-state index in [-0.39, 0.29) is 5.56 Å². The smallest absolute Gasteiger partial charge is 0.258 e. The number of methoxy groups -OCH3 is 2. The molecule has 30 heavy (non-hydrogen) atoms. The minimum atomic E-state index is -0.705. The number of aromatic hydroxyl groups is 1. The monoisotopic (exact) mass is 407 g/mol. The highest BCUT2D eigenvalue weighted by Gasteiger charge is 2.13. The highest BCUT2D eigenvalue weighted by Crippen LogP contribution is 2.31. The summed E-state index contributed by atoms with van der Waals surface area (Å²) in [5.41, 5.74) is 1.73. The van der Waals surface area contributed by atoms with Crippen LogP contribution in [0.5, 0.6) is 17.2 Å². The number of aromatic nitrogens is 3. The van der Waals surface area contributed by atoms with Gasteiger partial charge in [-0.3, -0.25) is 9.78 Å². The molecule has 0 saturated heterocycles. The molecule has 7 nitrogen and oxygen atoms in total. The number of fused-ring (bicyclic) bond motifs is 1. The van der Waals surface area contributed by atoms with Crippen LogP contribution < -0.4 is 15.0 Å². The molecule has 0 atom stereocenters. The van der Waals surface area contributed by atoms with E-state index < -0.39 is 11.6 Å². The van der Waals surface area contributed by atoms with E-state index in [1.807, 2.05) is 0 Å². The number of ether oxygens (including phenoxy) is 2. The van der Waals surface area contributed by atoms with Crippen molar-refractivity contribution in [3.05, 3.63) is 76.2 Å². The van der Waals surface area contributed by atoms with Crippen LogP contribution in [0.2, 0.25) is 0 Å². The fraction of sp³-hybridized carbons (Fsp3) is 0.136. The molecule has 2 N–H and O–H groups in total. The van der Waals surface area contributed by atoms with Crippen molar-refractivity contribution in [2.75, 3.05) is 14.2 Å². The number of halogens is 1. The van der Waals surface area contributed by atoms with Gasteiger partial charge in [-0.1, -0.05) is 12.1 Å². The first-order valence-electron chi connectivity index (χ1n) is 9.08. The Labute approximate surface area is 170 Å². The van der Waals surface area contributed by atoms with Crippen molar-refractivity contribution in [1.29, 1.82) is 0 Å². The highest BCUT2D eigenvalue weighted by atomic mass is 19.1. The Bertz CT molecular complexity index is 1290. The molecular formula is C22H18FN3O4. The van der Waals surface area contributed by atoms with Crippen molar-refractivity contribution in [3.63, 3.8) is 0 Å². The molecule has 4 rings (SSSR count). The highest BCUT2D eigenvalue weighted by molar-refractivity contribution is 5.81. The Morgan fingerprint density at radius 1 is 1.10 bits per heavy atom. The lowest BCUT2D eigenvalue weighted by Crippen LogP contribution is -2.12. The first-order valence-corrected chi connectivity index (χ1v) is 9.08. The Hall–Kier alpha value is -3.94. The standard InChI is InChI=1S/C22H18FN3O4/c1-29-18-9-14-17(10-19(18)30-2)25-20(26-22(14)28)8-12-6-7-16(24-11-12)13-4-3-5-15(23)21(13)27/h3-7,9-11,27H,8H2,1-2H3,(H,25,26,28). The SMILES string of the molecule is COc1cc2nc(Cc3ccc(-c4cccc(F)c4O)nc3)[nH]c(=O)c2cc1OC. The largest absolute Gasteiger partial charge is 0.504 e. The molecule has 0 bridgehead atoms. The van der Waals surface area contributed by atoms with Gasteiger partial charge in [0.1, 0.15) is 5.82 Å². The molecule has 0 saturated carbocycles. The average molecular weight is 407 g/mol. The van der Waals surface area contributed by atoms with Crippen LogP contribution in [-0.4, -0.2) is 34.3 Å². The maximum Gasteiger partial charge on any atom is 0.258 e. The van der Waals surface area contributed by atoms with Crippen LogP contribution in [-0.2, 0) is 6.42 Å². The summed E-state index contributed by atoms with van der Waals surface area (Å²) in [6, 6.07) is 11.0. The zero-order valence-electron chi connectivity index (χ0n) is 16.3. The van der Waals surface area contributed by atoms with Gasteiger partial charge in [-0.2, -0.15) is 0 Å². The zero-order valence-corrected chi connectivity index (χ0v) is 16.3. The van der Waals surface area contributed by atoms with Crippen LogP contribution in [0.3, 0.4) is 0 Å². The van der Waals surface area contributed by atoms with E-state index >= 15 is 0 Å². The number of benzene rings is 2. The van der Waals surface area contributed by atoms with Crippen molar-refractivity contribution in [2.45, 2.75) is 6.42 Å². The summed E-state index contributed by atoms with van der Waals surface area (Å²) in [4.78, 5) is 24.1. The molecule has 0 aliphatic carbocycles. The molecule has 0 fully saturated rings. The molecule has 2 heterocycles. The second-order valence-corrected chi connectivity index (χ2v) is 6.60. The van der Waals surface area contributed by atoms with E-state index in [4.69, 9.17) is 9.47 Å². The van der Waals surface area contributed by atoms with Crippen LogP contribution in [0.4, 0.5) is 4.39 Å². The van der Waals surface area contributed by atoms with Crippen LogP contribution in [0.1, 0.15) is 11.4 Å². The number of phenolic OH excluding ortho intramolecular Hbond substituents is 1. The third kappa shape index (κ3) is 3.55. The van der Waals surface area contributed by atoms with Crippen molar-refractivity contribution in [1.82, 2.24) is 15.0 Å². The van der Waals surface area contributed by atoms with E-state index in [2.05, 4.69) is 15.0 Å². The van der Waals surface area contributed by atoms with Gasteiger partial charge in [0.05, 0.1) is 30.8 Å². The van der Waals surface area contributed by atoms with Gasteiger partial charge in [0.25, 0.3) is 5.56 Å². The number of nitrogens with zero attached hydrogens (tertiary/aromatic N) is 2. The first-order chi connectivity index (χ1) is 14.5. The normalized spacial score (nSPS) is 10.9. The number of hydrogen-bond acceptors (Lipinski definition) is 6. The van der Waals surface area contributed by atoms with E-state index in [1.54, 1.807) is 36.5 Å². The summed E-state index contributed by atoms with van der Waals surface area (Å²) in [6.07, 6.45) is 1.93. The summed E-state index contributed by atoms with van der Waals surface area (Å²) in [6.45, 7) is 0. The van der Waals surface area contributed by atoms with Gasteiger partial charge in [0.15, 0.2) is 23.1 Å². The molecule has 0 aliphatic rings. The number of phenols is 1. The molecule has 0 radical (unpaired) electrons. The Balaban J connectivity index is 1.65. The minimum Gasteiger partial charge on any atom is -0.504 e. The predicted molar refractivity (Wildman–Crippen MR) is 110 cm³/mol. The Morgan fingerprint density at radius 3 is 2.57 bits per heavy atom. The predicted octanol–water partition coefficient (Wildman–Crippen LogP) is 3.44. The quantitative estimate of drug-likeness (QED) is 0.526. The lowest BCUT2D eigenvalue weighted by Gasteiger charge is -2.09. The third-order valence-electron chi connectivity index (χ3n) is 4.72. The zero-order chi connectivity index (χ0) is 21.3. The molecule has 152 valence electrons. The summed E-state index contributed by atoms with van der Waals surface area (Å²) in [5.74, 6) is 0.245. The average Bonchev–Trinajstić information content (AvgIpc) is 2.75. The summed E-state index contributed by atoms with van der Waals surface area (Å²) >= 11 is 0. The lowest BCUT2D eigenvalue weighted by molar-refractivity contribution is 0.355. The van der Waals surface area contributed by atoms with Gasteiger partial charge in [0.2, 0.25) is 0 Å². The maximum atomic E-state index is 13.6. The number of pyridine rings is 1. The van der Waals surface area contributed by atoms with E-state index in [9.17, 15) is 14.3 Å². The molecule has 0 amide bonds. The second kappa shape index (κ2) is 7.82. The molecule has 4 aromatic rings. The number of para-hydroxylation sites is 1. The van der Waals surface area contributed by atoms with Crippen LogP contribution in [0.15, 0.2) is 53.5 Å². The second-order valence-electron chi connectivity index (χ2n) is 6.60. The third-order valence-corrected chi connectivity index (χ3v) is 4.72. The van der Waals surface area contributed by atoms with Gasteiger partial charge in [-0.15, -0.1) is 0 Å². The molecule has 0 spiro atoms. The number of hydrogen-bond donors (Lipinski definition) is 2. The number of rotatable bonds is 5. The van der Waals surface area contributed by atoms with E-state index in [1.165, 1.54) is 26.4 Å². The van der Waals surface area contributed by atoms with Crippen LogP contribution in [0.25, 0.3) is 22.2 Å². The van der Waals surface area contributed by atoms with Gasteiger partial charge in [-0.05, 0) is 29.8 Å². The molecule has 0 aliphatic heterocycles. The summed E-state index contributed by atoms with van der Waals surface area (Å²) in [7, 11) is 3.02. The van der Waals surface area contributed by atoms with E-state index in [0.29, 0.717) is 45.9 Å². The fourth-order valence-electron chi connectivity index (χ4n) is 3.20. The van der Waals surface area contributed by atoms with Crippen LogP contribution in [0, 0.1) is 5.82 Å². The molecule has 0 unspecified atom stereocenters. The van der Waals surface area contributed by atoms with Gasteiger partial charge < -0.3 is 19.6 Å². The van der Waals surface area contributed by atoms with Gasteiger partial charge in [-0.25, -0.2) is 9.37 Å². The Kier molecular flexibility index (Phi) is 5.05. The van der Waals surface area contributed by atoms with Crippen molar-refractivity contribution >= 4 is 10.9 Å². The molecular weight excluding hydrogens is 389 g/mol. The summed E-state index contributed by atoms with van der Waals surface area (Å²) in [5, 5.41) is 10.3. The van der Waals surface area contributed by atoms with Gasteiger partial charge >= 0.3 is 0 Å². The fourth-order valence-corrected chi connectivity index (χ4v) is 3.20. The molecule has 8 heteroatoms. The molecule has 2 aromatic heterocycles. The maximum absolute atomic E-state index is 13.6.